The second-order valence-corrected chi connectivity index (χ2v) is 9.28. The van der Waals surface area contributed by atoms with E-state index in [2.05, 4.69) is 18.5 Å². The van der Waals surface area contributed by atoms with Gasteiger partial charge in [-0.2, -0.15) is 4.31 Å². The third-order valence-electron chi connectivity index (χ3n) is 4.14. The molecule has 1 amide bonds. The monoisotopic (exact) mass is 482 g/mol. The minimum absolute atomic E-state index is 0.127. The molecule has 2 aromatic rings. The molecule has 0 fully saturated rings. The topological polar surface area (TPSA) is 75.7 Å². The van der Waals surface area contributed by atoms with Gasteiger partial charge in [0.2, 0.25) is 15.9 Å². The first-order valence-corrected chi connectivity index (χ1v) is 11.7. The normalized spacial score (nSPS) is 11.2. The zero-order chi connectivity index (χ0) is 22.9. The van der Waals surface area contributed by atoms with Gasteiger partial charge in [-0.3, -0.25) is 4.79 Å². The zero-order valence-electron chi connectivity index (χ0n) is 16.9. The van der Waals surface area contributed by atoms with Gasteiger partial charge in [0.25, 0.3) is 0 Å². The van der Waals surface area contributed by atoms with Crippen molar-refractivity contribution in [2.75, 3.05) is 25.0 Å². The first-order valence-electron chi connectivity index (χ1n) is 9.47. The van der Waals surface area contributed by atoms with Gasteiger partial charge in [0.05, 0.1) is 16.5 Å². The Morgan fingerprint density at radius 1 is 1.06 bits per heavy atom. The van der Waals surface area contributed by atoms with E-state index in [9.17, 15) is 13.2 Å². The molecule has 1 N–H and O–H groups in total. The van der Waals surface area contributed by atoms with Gasteiger partial charge < -0.3 is 10.1 Å². The van der Waals surface area contributed by atoms with Gasteiger partial charge in [0.1, 0.15) is 5.75 Å². The van der Waals surface area contributed by atoms with E-state index in [4.69, 9.17) is 27.9 Å². The fraction of sp³-hybridized carbons (Fsp3) is 0.227. The van der Waals surface area contributed by atoms with Crippen molar-refractivity contribution in [2.45, 2.75) is 17.7 Å². The summed E-state index contributed by atoms with van der Waals surface area (Å²) in [5.74, 6) is 0.298. The highest BCUT2D eigenvalue weighted by Gasteiger charge is 2.22. The first-order chi connectivity index (χ1) is 14.8. The molecular weight excluding hydrogens is 459 g/mol. The van der Waals surface area contributed by atoms with Gasteiger partial charge in [-0.1, -0.05) is 35.4 Å². The maximum atomic E-state index is 12.7. The van der Waals surface area contributed by atoms with Crippen LogP contribution in [0.4, 0.5) is 5.69 Å². The van der Waals surface area contributed by atoms with Crippen LogP contribution in [0, 0.1) is 0 Å². The number of hydrogen-bond acceptors (Lipinski definition) is 4. The molecule has 0 bridgehead atoms. The number of hydrogen-bond donors (Lipinski definition) is 1. The average Bonchev–Trinajstić information content (AvgIpc) is 2.72. The highest BCUT2D eigenvalue weighted by molar-refractivity contribution is 7.89. The van der Waals surface area contributed by atoms with Crippen molar-refractivity contribution >= 4 is 44.8 Å². The fourth-order valence-electron chi connectivity index (χ4n) is 2.65. The maximum absolute atomic E-state index is 12.7. The van der Waals surface area contributed by atoms with Gasteiger partial charge in [-0.05, 0) is 48.9 Å². The van der Waals surface area contributed by atoms with E-state index in [-0.39, 0.29) is 30.3 Å². The fourth-order valence-corrected chi connectivity index (χ4v) is 4.49. The summed E-state index contributed by atoms with van der Waals surface area (Å²) in [4.78, 5) is 12.3. The second-order valence-electron chi connectivity index (χ2n) is 6.50. The van der Waals surface area contributed by atoms with E-state index in [0.29, 0.717) is 34.5 Å². The van der Waals surface area contributed by atoms with Gasteiger partial charge in [0.15, 0.2) is 0 Å². The van der Waals surface area contributed by atoms with Crippen LogP contribution < -0.4 is 10.1 Å². The molecule has 9 heteroatoms. The summed E-state index contributed by atoms with van der Waals surface area (Å²) >= 11 is 11.9. The standard InChI is InChI=1S/C22H24Cl2N2O4S/c1-3-13-26(14-4-2)31(28,29)19-10-8-18(9-11-19)25-22(27)6-5-15-30-21-12-7-17(23)16-20(21)24/h3-4,7-12,16H,1-2,5-6,13-15H2,(H,25,27). The largest absolute Gasteiger partial charge is 0.492 e. The van der Waals surface area contributed by atoms with Gasteiger partial charge in [-0.25, -0.2) is 8.42 Å². The van der Waals surface area contributed by atoms with E-state index in [1.807, 2.05) is 0 Å². The molecule has 2 rings (SSSR count). The van der Waals surface area contributed by atoms with Gasteiger partial charge in [-0.15, -0.1) is 13.2 Å². The number of halogens is 2. The molecule has 0 aromatic heterocycles. The molecule has 6 nitrogen and oxygen atoms in total. The van der Waals surface area contributed by atoms with Gasteiger partial charge >= 0.3 is 0 Å². The van der Waals surface area contributed by atoms with Crippen LogP contribution in [0.1, 0.15) is 12.8 Å². The smallest absolute Gasteiger partial charge is 0.243 e. The minimum Gasteiger partial charge on any atom is -0.492 e. The number of rotatable bonds is 12. The lowest BCUT2D eigenvalue weighted by molar-refractivity contribution is -0.116. The molecule has 0 unspecified atom stereocenters. The lowest BCUT2D eigenvalue weighted by Crippen LogP contribution is -2.31. The molecule has 31 heavy (non-hydrogen) atoms. The van der Waals surface area contributed by atoms with E-state index in [1.165, 1.54) is 28.6 Å². The second kappa shape index (κ2) is 11.9. The van der Waals surface area contributed by atoms with E-state index in [0.717, 1.165) is 0 Å². The van der Waals surface area contributed by atoms with Crippen molar-refractivity contribution in [3.8, 4) is 5.75 Å². The first kappa shape index (κ1) is 24.9. The number of sulfonamides is 1. The molecule has 0 radical (unpaired) electrons. The lowest BCUT2D eigenvalue weighted by atomic mass is 10.2. The Bertz CT molecular complexity index is 1010. The number of anilines is 1. The molecule has 0 aliphatic heterocycles. The summed E-state index contributed by atoms with van der Waals surface area (Å²) in [6.45, 7) is 7.83. The Morgan fingerprint density at radius 2 is 1.71 bits per heavy atom. The summed E-state index contributed by atoms with van der Waals surface area (Å²) in [6.07, 6.45) is 3.74. The summed E-state index contributed by atoms with van der Waals surface area (Å²) in [6, 6.07) is 10.9. The number of benzene rings is 2. The van der Waals surface area contributed by atoms with E-state index >= 15 is 0 Å². The van der Waals surface area contributed by atoms with Crippen molar-refractivity contribution < 1.29 is 17.9 Å². The molecule has 0 saturated heterocycles. The molecule has 0 aliphatic rings. The molecule has 0 aliphatic carbocycles. The Balaban J connectivity index is 1.87. The zero-order valence-corrected chi connectivity index (χ0v) is 19.2. The predicted octanol–water partition coefficient (Wildman–Crippen LogP) is 5.15. The molecule has 0 atom stereocenters. The van der Waals surface area contributed by atoms with Crippen LogP contribution >= 0.6 is 23.2 Å². The molecule has 0 spiro atoms. The van der Waals surface area contributed by atoms with Crippen molar-refractivity contribution in [3.05, 3.63) is 77.8 Å². The number of carbonyl (C=O) groups excluding carboxylic acids is 1. The van der Waals surface area contributed by atoms with E-state index in [1.54, 1.807) is 30.3 Å². The molecular formula is C22H24Cl2N2O4S. The number of nitrogens with one attached hydrogen (secondary N) is 1. The lowest BCUT2D eigenvalue weighted by Gasteiger charge is -2.19. The predicted molar refractivity (Wildman–Crippen MR) is 125 cm³/mol. The maximum Gasteiger partial charge on any atom is 0.243 e. The Labute approximate surface area is 193 Å². The van der Waals surface area contributed by atoms with Crippen molar-refractivity contribution in [3.63, 3.8) is 0 Å². The highest BCUT2D eigenvalue weighted by Crippen LogP contribution is 2.27. The number of amides is 1. The van der Waals surface area contributed by atoms with Crippen LogP contribution in [-0.4, -0.2) is 38.3 Å². The molecule has 2 aromatic carbocycles. The number of carbonyl (C=O) groups is 1. The summed E-state index contributed by atoms with van der Waals surface area (Å²) < 4.78 is 32.2. The molecule has 0 heterocycles. The molecule has 0 saturated carbocycles. The average molecular weight is 483 g/mol. The summed E-state index contributed by atoms with van der Waals surface area (Å²) in [5, 5.41) is 3.67. The Kier molecular flexibility index (Phi) is 9.58. The van der Waals surface area contributed by atoms with E-state index < -0.39 is 10.0 Å². The van der Waals surface area contributed by atoms with Crippen molar-refractivity contribution in [2.24, 2.45) is 0 Å². The van der Waals surface area contributed by atoms with Crippen LogP contribution in [0.3, 0.4) is 0 Å². The summed E-state index contributed by atoms with van der Waals surface area (Å²) in [7, 11) is -3.68. The van der Waals surface area contributed by atoms with Crippen LogP contribution in [0.15, 0.2) is 72.7 Å². The Hall–Kier alpha value is -2.32. The van der Waals surface area contributed by atoms with Crippen molar-refractivity contribution in [1.29, 1.82) is 0 Å². The SMILES string of the molecule is C=CCN(CC=C)S(=O)(=O)c1ccc(NC(=O)CCCOc2ccc(Cl)cc2Cl)cc1. The van der Waals surface area contributed by atoms with Crippen LogP contribution in [-0.2, 0) is 14.8 Å². The Morgan fingerprint density at radius 3 is 2.29 bits per heavy atom. The van der Waals surface area contributed by atoms with Crippen LogP contribution in [0.2, 0.25) is 10.0 Å². The number of ether oxygens (including phenoxy) is 1. The van der Waals surface area contributed by atoms with Crippen molar-refractivity contribution in [1.82, 2.24) is 4.31 Å². The minimum atomic E-state index is -3.68. The molecule has 166 valence electrons. The number of nitrogens with zero attached hydrogens (tertiary/aromatic N) is 1. The quantitative estimate of drug-likeness (QED) is 0.335. The highest BCUT2D eigenvalue weighted by atomic mass is 35.5. The summed E-state index contributed by atoms with van der Waals surface area (Å²) in [5.41, 5.74) is 0.504. The van der Waals surface area contributed by atoms with Gasteiger partial charge in [0, 0.05) is 30.2 Å². The third kappa shape index (κ3) is 7.40. The van der Waals surface area contributed by atoms with Crippen LogP contribution in [0.5, 0.6) is 5.75 Å². The third-order valence-corrected chi connectivity index (χ3v) is 6.52. The van der Waals surface area contributed by atoms with Crippen LogP contribution in [0.25, 0.3) is 0 Å².